The fourth-order valence-electron chi connectivity index (χ4n) is 5.75. The van der Waals surface area contributed by atoms with Crippen LogP contribution >= 0.6 is 0 Å². The van der Waals surface area contributed by atoms with Gasteiger partial charge in [-0.3, -0.25) is 14.7 Å². The van der Waals surface area contributed by atoms with Crippen LogP contribution in [0.25, 0.3) is 44.3 Å². The van der Waals surface area contributed by atoms with Gasteiger partial charge in [0.25, 0.3) is 0 Å². The first-order chi connectivity index (χ1) is 18.0. The van der Waals surface area contributed by atoms with Crippen LogP contribution in [0.2, 0.25) is 0 Å². The number of rotatable bonds is 6. The lowest BCUT2D eigenvalue weighted by Crippen LogP contribution is -2.45. The van der Waals surface area contributed by atoms with Crippen LogP contribution in [-0.4, -0.2) is 55.1 Å². The molecule has 190 valence electrons. The minimum Gasteiger partial charge on any atom is -0.492 e. The molecule has 3 heterocycles. The fourth-order valence-corrected chi connectivity index (χ4v) is 5.75. The maximum absolute atomic E-state index is 6.17. The molecule has 7 heteroatoms. The Bertz CT molecular complexity index is 1560. The van der Waals surface area contributed by atoms with E-state index in [1.807, 2.05) is 18.7 Å². The van der Waals surface area contributed by atoms with Crippen molar-refractivity contribution < 1.29 is 4.74 Å². The number of H-pyrrole nitrogens is 1. The smallest absolute Gasteiger partial charge is 0.155 e. The molecule has 0 aliphatic carbocycles. The molecule has 1 aliphatic rings. The van der Waals surface area contributed by atoms with Gasteiger partial charge in [0, 0.05) is 42.2 Å². The summed E-state index contributed by atoms with van der Waals surface area (Å²) in [4.78, 5) is 7.08. The van der Waals surface area contributed by atoms with E-state index >= 15 is 0 Å². The number of hydrogen-bond donors (Lipinski definition) is 1. The van der Waals surface area contributed by atoms with E-state index in [4.69, 9.17) is 9.84 Å². The summed E-state index contributed by atoms with van der Waals surface area (Å²) in [5.41, 5.74) is 4.13. The first-order valence-corrected chi connectivity index (χ1v) is 13.2. The van der Waals surface area contributed by atoms with Gasteiger partial charge in [0.2, 0.25) is 0 Å². The third kappa shape index (κ3) is 4.60. The van der Waals surface area contributed by atoms with Crippen LogP contribution in [0.4, 0.5) is 0 Å². The number of hydrogen-bond acceptors (Lipinski definition) is 5. The maximum Gasteiger partial charge on any atom is 0.155 e. The van der Waals surface area contributed by atoms with E-state index in [2.05, 4.69) is 88.5 Å². The summed E-state index contributed by atoms with van der Waals surface area (Å²) >= 11 is 0. The Balaban J connectivity index is 1.24. The summed E-state index contributed by atoms with van der Waals surface area (Å²) in [7, 11) is 1.99. The van der Waals surface area contributed by atoms with Crippen LogP contribution in [0.5, 0.6) is 5.75 Å². The molecule has 3 aromatic carbocycles. The molecule has 1 aliphatic heterocycles. The Morgan fingerprint density at radius 3 is 2.49 bits per heavy atom. The monoisotopic (exact) mass is 494 g/mol. The lowest BCUT2D eigenvalue weighted by molar-refractivity contribution is 0.0852. The van der Waals surface area contributed by atoms with E-state index in [0.29, 0.717) is 18.7 Å². The van der Waals surface area contributed by atoms with Gasteiger partial charge in [0.05, 0.1) is 5.52 Å². The summed E-state index contributed by atoms with van der Waals surface area (Å²) in [6.45, 7) is 8.25. The second-order valence-corrected chi connectivity index (χ2v) is 10.4. The highest BCUT2D eigenvalue weighted by Gasteiger charge is 2.24. The van der Waals surface area contributed by atoms with Gasteiger partial charge in [-0.2, -0.15) is 10.2 Å². The van der Waals surface area contributed by atoms with Crippen molar-refractivity contribution in [3.05, 3.63) is 60.4 Å². The van der Waals surface area contributed by atoms with Crippen LogP contribution < -0.4 is 4.74 Å². The first-order valence-electron chi connectivity index (χ1n) is 13.2. The van der Waals surface area contributed by atoms with Gasteiger partial charge < -0.3 is 4.74 Å². The van der Waals surface area contributed by atoms with E-state index in [9.17, 15) is 0 Å². The predicted octanol–water partition coefficient (Wildman–Crippen LogP) is 6.13. The highest BCUT2D eigenvalue weighted by Crippen LogP contribution is 2.33. The lowest BCUT2D eigenvalue weighted by atomic mass is 9.98. The van der Waals surface area contributed by atoms with Crippen LogP contribution in [-0.2, 0) is 7.05 Å². The molecule has 0 bridgehead atoms. The standard InChI is InChI=1S/C30H34N6O/c1-19-6-5-7-20(2)36(19)14-15-37-26-12-10-22-16-24(9-8-23(22)17-26)29-27-18-25(30-31-21(3)32-33-30)11-13-28(27)35(4)34-29/h8-13,16-20H,5-7,14-15H2,1-4H3,(H,31,32,33). The minimum atomic E-state index is 0.640. The zero-order valence-electron chi connectivity index (χ0n) is 22.0. The molecule has 7 nitrogen and oxygen atoms in total. The van der Waals surface area contributed by atoms with Gasteiger partial charge in [-0.15, -0.1) is 0 Å². The molecule has 6 rings (SSSR count). The van der Waals surface area contributed by atoms with E-state index in [-0.39, 0.29) is 0 Å². The highest BCUT2D eigenvalue weighted by atomic mass is 16.5. The predicted molar refractivity (Wildman–Crippen MR) is 149 cm³/mol. The van der Waals surface area contributed by atoms with Crippen LogP contribution in [0.15, 0.2) is 54.6 Å². The molecule has 2 aromatic heterocycles. The average molecular weight is 495 g/mol. The number of fused-ring (bicyclic) bond motifs is 2. The summed E-state index contributed by atoms with van der Waals surface area (Å²) in [5, 5.41) is 15.5. The van der Waals surface area contributed by atoms with Crippen molar-refractivity contribution >= 4 is 21.7 Å². The number of aromatic nitrogens is 5. The average Bonchev–Trinajstić information content (AvgIpc) is 3.48. The normalized spacial score (nSPS) is 18.6. The molecule has 1 N–H and O–H groups in total. The summed E-state index contributed by atoms with van der Waals surface area (Å²) in [6.07, 6.45) is 3.91. The Morgan fingerprint density at radius 2 is 1.70 bits per heavy atom. The summed E-state index contributed by atoms with van der Waals surface area (Å²) in [5.74, 6) is 2.42. The van der Waals surface area contributed by atoms with E-state index in [1.54, 1.807) is 0 Å². The van der Waals surface area contributed by atoms with Gasteiger partial charge in [0.15, 0.2) is 5.82 Å². The van der Waals surface area contributed by atoms with Crippen molar-refractivity contribution in [1.29, 1.82) is 0 Å². The molecule has 2 unspecified atom stereocenters. The topological polar surface area (TPSA) is 71.9 Å². The lowest BCUT2D eigenvalue weighted by Gasteiger charge is -2.38. The van der Waals surface area contributed by atoms with Gasteiger partial charge >= 0.3 is 0 Å². The van der Waals surface area contributed by atoms with Crippen LogP contribution in [0, 0.1) is 6.92 Å². The highest BCUT2D eigenvalue weighted by molar-refractivity contribution is 5.98. The Kier molecular flexibility index (Phi) is 6.16. The zero-order valence-corrected chi connectivity index (χ0v) is 22.0. The SMILES string of the molecule is Cc1n[nH]c(-c2ccc3c(c2)c(-c2ccc4cc(OCCN5C(C)CCCC5C)ccc4c2)nn3C)n1. The van der Waals surface area contributed by atoms with Crippen molar-refractivity contribution in [3.63, 3.8) is 0 Å². The molecule has 5 aromatic rings. The van der Waals surface area contributed by atoms with Gasteiger partial charge in [0.1, 0.15) is 23.9 Å². The molecule has 1 fully saturated rings. The molecule has 1 saturated heterocycles. The van der Waals surface area contributed by atoms with Gasteiger partial charge in [-0.05, 0) is 80.8 Å². The number of likely N-dealkylation sites (tertiary alicyclic amines) is 1. The third-order valence-corrected chi connectivity index (χ3v) is 7.80. The minimum absolute atomic E-state index is 0.640. The maximum atomic E-state index is 6.17. The van der Waals surface area contributed by atoms with Gasteiger partial charge in [-0.25, -0.2) is 4.98 Å². The molecule has 0 saturated carbocycles. The Labute approximate surface area is 217 Å². The zero-order chi connectivity index (χ0) is 25.5. The molecule has 2 atom stereocenters. The van der Waals surface area contributed by atoms with Crippen molar-refractivity contribution in [2.75, 3.05) is 13.2 Å². The van der Waals surface area contributed by atoms with Crippen LogP contribution in [0.3, 0.4) is 0 Å². The molecule has 37 heavy (non-hydrogen) atoms. The second kappa shape index (κ2) is 9.63. The number of nitrogens with zero attached hydrogens (tertiary/aromatic N) is 5. The van der Waals surface area contributed by atoms with Crippen LogP contribution in [0.1, 0.15) is 38.9 Å². The van der Waals surface area contributed by atoms with E-state index in [1.165, 1.54) is 30.0 Å². The molecule has 0 radical (unpaired) electrons. The molecule has 0 spiro atoms. The van der Waals surface area contributed by atoms with Gasteiger partial charge in [-0.1, -0.05) is 24.6 Å². The van der Waals surface area contributed by atoms with E-state index in [0.717, 1.165) is 51.7 Å². The summed E-state index contributed by atoms with van der Waals surface area (Å²) < 4.78 is 8.11. The number of aryl methyl sites for hydroxylation is 2. The number of piperidine rings is 1. The first kappa shape index (κ1) is 23.7. The largest absolute Gasteiger partial charge is 0.492 e. The summed E-state index contributed by atoms with van der Waals surface area (Å²) in [6, 6.07) is 20.5. The fraction of sp³-hybridized carbons (Fsp3) is 0.367. The molecule has 0 amide bonds. The van der Waals surface area contributed by atoms with Crippen molar-refractivity contribution in [2.45, 2.75) is 52.1 Å². The van der Waals surface area contributed by atoms with Crippen molar-refractivity contribution in [1.82, 2.24) is 29.9 Å². The third-order valence-electron chi connectivity index (χ3n) is 7.80. The number of aromatic amines is 1. The van der Waals surface area contributed by atoms with E-state index < -0.39 is 0 Å². The van der Waals surface area contributed by atoms with Crippen molar-refractivity contribution in [2.24, 2.45) is 7.05 Å². The molecular weight excluding hydrogens is 460 g/mol. The Morgan fingerprint density at radius 1 is 0.946 bits per heavy atom. The molecular formula is C30H34N6O. The Hall–Kier alpha value is -3.71. The number of benzene rings is 3. The number of nitrogens with one attached hydrogen (secondary N) is 1. The quantitative estimate of drug-likeness (QED) is 0.307. The second-order valence-electron chi connectivity index (χ2n) is 10.4. The number of ether oxygens (including phenoxy) is 1. The van der Waals surface area contributed by atoms with Crippen molar-refractivity contribution in [3.8, 4) is 28.4 Å².